The van der Waals surface area contributed by atoms with Gasteiger partial charge in [-0.15, -0.1) is 11.3 Å². The van der Waals surface area contributed by atoms with Gasteiger partial charge in [0.2, 0.25) is 0 Å². The standard InChI is InChI=1S/C13H13BrN2OS/c14-6-2-4-10-3-1-5-11(7-10)16-13(17)12-8-18-9-15-12/h1,3,5,7-9H,2,4,6H2,(H,16,17). The Hall–Kier alpha value is -1.20. The third-order valence-electron chi connectivity index (χ3n) is 2.45. The first kappa shape index (κ1) is 13.2. The van der Waals surface area contributed by atoms with Gasteiger partial charge in [-0.2, -0.15) is 0 Å². The first-order valence-electron chi connectivity index (χ1n) is 5.64. The molecule has 2 aromatic rings. The second kappa shape index (κ2) is 6.66. The molecule has 0 aliphatic heterocycles. The fourth-order valence-electron chi connectivity index (χ4n) is 1.60. The number of amides is 1. The first-order valence-corrected chi connectivity index (χ1v) is 7.70. The molecule has 0 atom stereocenters. The quantitative estimate of drug-likeness (QED) is 0.851. The van der Waals surface area contributed by atoms with E-state index in [1.165, 1.54) is 16.9 Å². The second-order valence-corrected chi connectivity index (χ2v) is 5.33. The highest BCUT2D eigenvalue weighted by molar-refractivity contribution is 9.09. The van der Waals surface area contributed by atoms with E-state index in [-0.39, 0.29) is 5.91 Å². The molecule has 0 unspecified atom stereocenters. The van der Waals surface area contributed by atoms with Crippen LogP contribution < -0.4 is 5.32 Å². The summed E-state index contributed by atoms with van der Waals surface area (Å²) >= 11 is 4.83. The molecule has 5 heteroatoms. The lowest BCUT2D eigenvalue weighted by molar-refractivity contribution is 0.102. The van der Waals surface area contributed by atoms with Gasteiger partial charge in [-0.3, -0.25) is 4.79 Å². The van der Waals surface area contributed by atoms with E-state index >= 15 is 0 Å². The van der Waals surface area contributed by atoms with Crippen LogP contribution in [0.2, 0.25) is 0 Å². The van der Waals surface area contributed by atoms with Crippen LogP contribution in [0.4, 0.5) is 5.69 Å². The highest BCUT2D eigenvalue weighted by Crippen LogP contribution is 2.14. The van der Waals surface area contributed by atoms with E-state index in [1.807, 2.05) is 18.2 Å². The highest BCUT2D eigenvalue weighted by Gasteiger charge is 2.07. The predicted octanol–water partition coefficient (Wildman–Crippen LogP) is 3.72. The van der Waals surface area contributed by atoms with Crippen LogP contribution in [0.3, 0.4) is 0 Å². The number of nitrogens with zero attached hydrogens (tertiary/aromatic N) is 1. The Morgan fingerprint density at radius 2 is 2.33 bits per heavy atom. The summed E-state index contributed by atoms with van der Waals surface area (Å²) < 4.78 is 0. The molecule has 18 heavy (non-hydrogen) atoms. The summed E-state index contributed by atoms with van der Waals surface area (Å²) in [7, 11) is 0. The number of carbonyl (C=O) groups excluding carboxylic acids is 1. The molecule has 94 valence electrons. The van der Waals surface area contributed by atoms with Crippen molar-refractivity contribution in [1.29, 1.82) is 0 Å². The molecule has 1 amide bonds. The topological polar surface area (TPSA) is 42.0 Å². The first-order chi connectivity index (χ1) is 8.79. The molecule has 0 radical (unpaired) electrons. The van der Waals surface area contributed by atoms with E-state index in [0.29, 0.717) is 5.69 Å². The van der Waals surface area contributed by atoms with Gasteiger partial charge < -0.3 is 5.32 Å². The SMILES string of the molecule is O=C(Nc1cccc(CCCBr)c1)c1cscn1. The molecule has 1 N–H and O–H groups in total. The number of halogens is 1. The zero-order valence-corrected chi connectivity index (χ0v) is 12.1. The third kappa shape index (κ3) is 3.65. The molecule has 3 nitrogen and oxygen atoms in total. The van der Waals surface area contributed by atoms with Crippen molar-refractivity contribution in [3.63, 3.8) is 0 Å². The number of alkyl halides is 1. The van der Waals surface area contributed by atoms with Crippen LogP contribution in [-0.4, -0.2) is 16.2 Å². The van der Waals surface area contributed by atoms with Gasteiger partial charge in [0, 0.05) is 16.4 Å². The number of hydrogen-bond acceptors (Lipinski definition) is 3. The Morgan fingerprint density at radius 1 is 1.44 bits per heavy atom. The Morgan fingerprint density at radius 3 is 3.06 bits per heavy atom. The number of aromatic nitrogens is 1. The van der Waals surface area contributed by atoms with Gasteiger partial charge in [0.1, 0.15) is 5.69 Å². The predicted molar refractivity (Wildman–Crippen MR) is 78.6 cm³/mol. The van der Waals surface area contributed by atoms with Crippen LogP contribution in [0.1, 0.15) is 22.5 Å². The lowest BCUT2D eigenvalue weighted by Gasteiger charge is -2.05. The van der Waals surface area contributed by atoms with Crippen molar-refractivity contribution < 1.29 is 4.79 Å². The number of nitrogens with one attached hydrogen (secondary N) is 1. The molecule has 0 aliphatic carbocycles. The summed E-state index contributed by atoms with van der Waals surface area (Å²) in [5.41, 5.74) is 4.16. The minimum Gasteiger partial charge on any atom is -0.321 e. The number of carbonyl (C=O) groups is 1. The number of aryl methyl sites for hydroxylation is 1. The molecular formula is C13H13BrN2OS. The van der Waals surface area contributed by atoms with E-state index < -0.39 is 0 Å². The molecule has 0 aliphatic rings. The number of hydrogen-bond donors (Lipinski definition) is 1. The van der Waals surface area contributed by atoms with Crippen LogP contribution in [0.25, 0.3) is 0 Å². The van der Waals surface area contributed by atoms with E-state index in [0.717, 1.165) is 23.9 Å². The molecular weight excluding hydrogens is 312 g/mol. The summed E-state index contributed by atoms with van der Waals surface area (Å²) in [6.45, 7) is 0. The fourth-order valence-corrected chi connectivity index (χ4v) is 2.41. The maximum atomic E-state index is 11.8. The Balaban J connectivity index is 2.03. The van der Waals surface area contributed by atoms with Crippen molar-refractivity contribution >= 4 is 38.9 Å². The Kier molecular flexibility index (Phi) is 4.90. The molecule has 0 spiro atoms. The number of benzene rings is 1. The van der Waals surface area contributed by atoms with Gasteiger partial charge in [-0.1, -0.05) is 28.1 Å². The molecule has 1 aromatic carbocycles. The maximum absolute atomic E-state index is 11.8. The summed E-state index contributed by atoms with van der Waals surface area (Å²) in [6.07, 6.45) is 2.09. The molecule has 2 rings (SSSR count). The van der Waals surface area contributed by atoms with Gasteiger partial charge in [0.15, 0.2) is 0 Å². The van der Waals surface area contributed by atoms with Crippen LogP contribution in [0.15, 0.2) is 35.2 Å². The van der Waals surface area contributed by atoms with Crippen LogP contribution in [0.5, 0.6) is 0 Å². The maximum Gasteiger partial charge on any atom is 0.275 e. The van der Waals surface area contributed by atoms with Gasteiger partial charge in [-0.05, 0) is 30.5 Å². The van der Waals surface area contributed by atoms with Crippen molar-refractivity contribution in [3.8, 4) is 0 Å². The number of thiazole rings is 1. The molecule has 0 saturated carbocycles. The van der Waals surface area contributed by atoms with Gasteiger partial charge in [0.05, 0.1) is 5.51 Å². The van der Waals surface area contributed by atoms with Crippen molar-refractivity contribution in [2.24, 2.45) is 0 Å². The van der Waals surface area contributed by atoms with Crippen molar-refractivity contribution in [2.75, 3.05) is 10.6 Å². The highest BCUT2D eigenvalue weighted by atomic mass is 79.9. The van der Waals surface area contributed by atoms with E-state index in [1.54, 1.807) is 10.9 Å². The second-order valence-electron chi connectivity index (χ2n) is 3.82. The molecule has 1 heterocycles. The summed E-state index contributed by atoms with van der Waals surface area (Å²) in [6, 6.07) is 7.93. The van der Waals surface area contributed by atoms with Crippen molar-refractivity contribution in [2.45, 2.75) is 12.8 Å². The number of anilines is 1. The monoisotopic (exact) mass is 324 g/mol. The van der Waals surface area contributed by atoms with E-state index in [2.05, 4.69) is 32.3 Å². The summed E-state index contributed by atoms with van der Waals surface area (Å²) in [5.74, 6) is -0.158. The summed E-state index contributed by atoms with van der Waals surface area (Å²) in [5, 5.41) is 5.58. The van der Waals surface area contributed by atoms with Crippen molar-refractivity contribution in [3.05, 3.63) is 46.4 Å². The smallest absolute Gasteiger partial charge is 0.275 e. The van der Waals surface area contributed by atoms with E-state index in [4.69, 9.17) is 0 Å². The minimum absolute atomic E-state index is 0.158. The van der Waals surface area contributed by atoms with Crippen LogP contribution in [0, 0.1) is 0 Å². The Labute approximate surface area is 118 Å². The fraction of sp³-hybridized carbons (Fsp3) is 0.231. The minimum atomic E-state index is -0.158. The third-order valence-corrected chi connectivity index (χ3v) is 3.60. The van der Waals surface area contributed by atoms with Crippen molar-refractivity contribution in [1.82, 2.24) is 4.98 Å². The lowest BCUT2D eigenvalue weighted by Crippen LogP contribution is -2.12. The van der Waals surface area contributed by atoms with E-state index in [9.17, 15) is 4.79 Å². The lowest BCUT2D eigenvalue weighted by atomic mass is 10.1. The molecule has 0 fully saturated rings. The zero-order chi connectivity index (χ0) is 12.8. The Bertz CT molecular complexity index is 513. The van der Waals surface area contributed by atoms with Crippen LogP contribution in [-0.2, 0) is 6.42 Å². The number of rotatable bonds is 5. The normalized spacial score (nSPS) is 10.3. The molecule has 0 bridgehead atoms. The van der Waals surface area contributed by atoms with Gasteiger partial charge in [-0.25, -0.2) is 4.98 Å². The molecule has 0 saturated heterocycles. The average Bonchev–Trinajstić information content (AvgIpc) is 2.91. The van der Waals surface area contributed by atoms with Gasteiger partial charge >= 0.3 is 0 Å². The van der Waals surface area contributed by atoms with Gasteiger partial charge in [0.25, 0.3) is 5.91 Å². The molecule has 1 aromatic heterocycles. The largest absolute Gasteiger partial charge is 0.321 e. The zero-order valence-electron chi connectivity index (χ0n) is 9.73. The average molecular weight is 325 g/mol. The summed E-state index contributed by atoms with van der Waals surface area (Å²) in [4.78, 5) is 15.8. The van der Waals surface area contributed by atoms with Crippen LogP contribution >= 0.6 is 27.3 Å².